The van der Waals surface area contributed by atoms with Crippen LogP contribution in [0, 0.1) is 10.1 Å². The van der Waals surface area contributed by atoms with Crippen molar-refractivity contribution >= 4 is 28.9 Å². The SMILES string of the molecule is CCCc1nn(Cc2ccccc2Cl)c(Cl)c1[N+](=O)[O-]. The fourth-order valence-corrected chi connectivity index (χ4v) is 2.43. The van der Waals surface area contributed by atoms with E-state index in [0.29, 0.717) is 23.7 Å². The molecular weight excluding hydrogens is 301 g/mol. The van der Waals surface area contributed by atoms with Crippen LogP contribution in [-0.4, -0.2) is 14.7 Å². The first-order valence-corrected chi connectivity index (χ1v) is 6.93. The van der Waals surface area contributed by atoms with Crippen LogP contribution in [0.15, 0.2) is 24.3 Å². The molecule has 0 atom stereocenters. The van der Waals surface area contributed by atoms with E-state index in [4.69, 9.17) is 23.2 Å². The molecule has 1 aromatic heterocycles. The fraction of sp³-hybridized carbons (Fsp3) is 0.308. The van der Waals surface area contributed by atoms with Gasteiger partial charge in [-0.25, -0.2) is 4.68 Å². The molecule has 0 saturated carbocycles. The Balaban J connectivity index is 2.40. The van der Waals surface area contributed by atoms with E-state index >= 15 is 0 Å². The highest BCUT2D eigenvalue weighted by atomic mass is 35.5. The van der Waals surface area contributed by atoms with Crippen molar-refractivity contribution in [2.75, 3.05) is 0 Å². The van der Waals surface area contributed by atoms with E-state index in [1.165, 1.54) is 4.68 Å². The van der Waals surface area contributed by atoms with Crippen molar-refractivity contribution in [3.8, 4) is 0 Å². The van der Waals surface area contributed by atoms with Gasteiger partial charge in [-0.3, -0.25) is 10.1 Å². The Bertz CT molecular complexity index is 641. The predicted molar refractivity (Wildman–Crippen MR) is 78.4 cm³/mol. The van der Waals surface area contributed by atoms with Gasteiger partial charge in [0.25, 0.3) is 0 Å². The maximum atomic E-state index is 11.1. The molecular formula is C13H13Cl2N3O2. The monoisotopic (exact) mass is 313 g/mol. The number of hydrogen-bond acceptors (Lipinski definition) is 3. The third-order valence-corrected chi connectivity index (χ3v) is 3.63. The van der Waals surface area contributed by atoms with Crippen molar-refractivity contribution in [2.45, 2.75) is 26.3 Å². The molecule has 106 valence electrons. The molecule has 7 heteroatoms. The van der Waals surface area contributed by atoms with Crippen molar-refractivity contribution in [2.24, 2.45) is 0 Å². The first-order chi connectivity index (χ1) is 9.54. The first-order valence-electron chi connectivity index (χ1n) is 6.17. The highest BCUT2D eigenvalue weighted by Gasteiger charge is 2.26. The van der Waals surface area contributed by atoms with E-state index in [1.807, 2.05) is 25.1 Å². The average Bonchev–Trinajstić information content (AvgIpc) is 2.69. The third kappa shape index (κ3) is 2.94. The van der Waals surface area contributed by atoms with Crippen molar-refractivity contribution in [1.29, 1.82) is 0 Å². The Hall–Kier alpha value is -1.59. The van der Waals surface area contributed by atoms with E-state index in [-0.39, 0.29) is 10.8 Å². The fourth-order valence-electron chi connectivity index (χ4n) is 1.96. The molecule has 1 heterocycles. The lowest BCUT2D eigenvalue weighted by Crippen LogP contribution is -2.03. The molecule has 0 unspecified atom stereocenters. The van der Waals surface area contributed by atoms with Crippen LogP contribution in [0.4, 0.5) is 5.69 Å². The summed E-state index contributed by atoms with van der Waals surface area (Å²) in [6, 6.07) is 7.27. The number of aromatic nitrogens is 2. The van der Waals surface area contributed by atoms with E-state index in [1.54, 1.807) is 6.07 Å². The number of benzene rings is 1. The standard InChI is InChI=1S/C13H13Cl2N3O2/c1-2-5-11-12(18(19)20)13(15)17(16-11)8-9-6-3-4-7-10(9)14/h3-4,6-7H,2,5,8H2,1H3. The lowest BCUT2D eigenvalue weighted by Gasteiger charge is -2.04. The van der Waals surface area contributed by atoms with Crippen LogP contribution in [0.1, 0.15) is 24.6 Å². The van der Waals surface area contributed by atoms with Gasteiger partial charge in [-0.15, -0.1) is 0 Å². The molecule has 2 rings (SSSR count). The number of nitro groups is 1. The van der Waals surface area contributed by atoms with Gasteiger partial charge in [0.15, 0.2) is 0 Å². The van der Waals surface area contributed by atoms with Crippen molar-refractivity contribution in [3.63, 3.8) is 0 Å². The van der Waals surface area contributed by atoms with Crippen molar-refractivity contribution < 1.29 is 4.92 Å². The van der Waals surface area contributed by atoms with E-state index < -0.39 is 4.92 Å². The van der Waals surface area contributed by atoms with Gasteiger partial charge in [-0.05, 0) is 18.1 Å². The van der Waals surface area contributed by atoms with Crippen LogP contribution in [0.5, 0.6) is 0 Å². The summed E-state index contributed by atoms with van der Waals surface area (Å²) in [7, 11) is 0. The third-order valence-electron chi connectivity index (χ3n) is 2.88. The molecule has 0 aliphatic rings. The summed E-state index contributed by atoms with van der Waals surface area (Å²) < 4.78 is 1.42. The second-order valence-corrected chi connectivity index (χ2v) is 5.11. The van der Waals surface area contributed by atoms with E-state index in [2.05, 4.69) is 5.10 Å². The zero-order chi connectivity index (χ0) is 14.7. The molecule has 0 amide bonds. The number of hydrogen-bond donors (Lipinski definition) is 0. The minimum Gasteiger partial charge on any atom is -0.258 e. The Labute approximate surface area is 126 Å². The van der Waals surface area contributed by atoms with Gasteiger partial charge < -0.3 is 0 Å². The molecule has 0 saturated heterocycles. The van der Waals surface area contributed by atoms with Crippen LogP contribution in [0.3, 0.4) is 0 Å². The molecule has 0 aliphatic carbocycles. The van der Waals surface area contributed by atoms with Gasteiger partial charge in [0.05, 0.1) is 11.5 Å². The number of rotatable bonds is 5. The molecule has 0 aliphatic heterocycles. The quantitative estimate of drug-likeness (QED) is 0.616. The van der Waals surface area contributed by atoms with E-state index in [0.717, 1.165) is 12.0 Å². The van der Waals surface area contributed by atoms with Gasteiger partial charge in [0.2, 0.25) is 5.15 Å². The lowest BCUT2D eigenvalue weighted by atomic mass is 10.2. The summed E-state index contributed by atoms with van der Waals surface area (Å²) in [5, 5.41) is 16.0. The topological polar surface area (TPSA) is 61.0 Å². The first kappa shape index (κ1) is 14.8. The zero-order valence-corrected chi connectivity index (χ0v) is 12.4. The van der Waals surface area contributed by atoms with Gasteiger partial charge in [-0.1, -0.05) is 54.7 Å². The second-order valence-electron chi connectivity index (χ2n) is 4.34. The van der Waals surface area contributed by atoms with Gasteiger partial charge in [0, 0.05) is 5.02 Å². The highest BCUT2D eigenvalue weighted by molar-refractivity contribution is 6.32. The normalized spacial score (nSPS) is 10.8. The van der Waals surface area contributed by atoms with E-state index in [9.17, 15) is 10.1 Å². The Morgan fingerprint density at radius 1 is 1.35 bits per heavy atom. The largest absolute Gasteiger partial charge is 0.329 e. The number of nitrogens with zero attached hydrogens (tertiary/aromatic N) is 3. The van der Waals surface area contributed by atoms with Crippen LogP contribution < -0.4 is 0 Å². The minimum atomic E-state index is -0.483. The smallest absolute Gasteiger partial charge is 0.258 e. The molecule has 0 fully saturated rings. The van der Waals surface area contributed by atoms with Crippen molar-refractivity contribution in [1.82, 2.24) is 9.78 Å². The molecule has 1 aromatic carbocycles. The summed E-state index contributed by atoms with van der Waals surface area (Å²) in [6.45, 7) is 2.24. The maximum Gasteiger partial charge on any atom is 0.329 e. The van der Waals surface area contributed by atoms with Crippen LogP contribution in [0.25, 0.3) is 0 Å². The van der Waals surface area contributed by atoms with Crippen LogP contribution in [0.2, 0.25) is 10.2 Å². The molecule has 0 bridgehead atoms. The van der Waals surface area contributed by atoms with Gasteiger partial charge in [-0.2, -0.15) is 5.10 Å². The molecule has 0 spiro atoms. The second kappa shape index (κ2) is 6.24. The van der Waals surface area contributed by atoms with Crippen LogP contribution in [-0.2, 0) is 13.0 Å². The summed E-state index contributed by atoms with van der Waals surface area (Å²) in [5.41, 5.74) is 1.12. The van der Waals surface area contributed by atoms with Gasteiger partial charge >= 0.3 is 5.69 Å². The average molecular weight is 314 g/mol. The van der Waals surface area contributed by atoms with Crippen molar-refractivity contribution in [3.05, 3.63) is 55.8 Å². The Kier molecular flexibility index (Phi) is 4.62. The Morgan fingerprint density at radius 3 is 2.65 bits per heavy atom. The molecule has 20 heavy (non-hydrogen) atoms. The lowest BCUT2D eigenvalue weighted by molar-refractivity contribution is -0.385. The molecule has 2 aromatic rings. The summed E-state index contributed by atoms with van der Waals surface area (Å²) in [4.78, 5) is 10.6. The van der Waals surface area contributed by atoms with Gasteiger partial charge in [0.1, 0.15) is 5.69 Å². The molecule has 0 radical (unpaired) electrons. The molecule has 5 nitrogen and oxygen atoms in total. The summed E-state index contributed by atoms with van der Waals surface area (Å²) in [6.07, 6.45) is 1.28. The predicted octanol–water partition coefficient (Wildman–Crippen LogP) is 4.10. The highest BCUT2D eigenvalue weighted by Crippen LogP contribution is 2.30. The summed E-state index contributed by atoms with van der Waals surface area (Å²) >= 11 is 12.2. The number of halogens is 2. The minimum absolute atomic E-state index is 0.0402. The maximum absolute atomic E-state index is 11.1. The van der Waals surface area contributed by atoms with Crippen LogP contribution >= 0.6 is 23.2 Å². The zero-order valence-electron chi connectivity index (χ0n) is 10.8. The Morgan fingerprint density at radius 2 is 2.05 bits per heavy atom. The summed E-state index contributed by atoms with van der Waals surface area (Å²) in [5.74, 6) is 0. The number of aryl methyl sites for hydroxylation is 1. The molecule has 0 N–H and O–H groups in total.